The maximum Gasteiger partial charge on any atom is 0.326 e. The predicted octanol–water partition coefficient (Wildman–Crippen LogP) is 0.492. The Morgan fingerprint density at radius 2 is 2.16 bits per heavy atom. The van der Waals surface area contributed by atoms with Gasteiger partial charge in [-0.1, -0.05) is 0 Å². The molecule has 4 aromatic heterocycles. The van der Waals surface area contributed by atoms with E-state index in [0.717, 1.165) is 18.4 Å². The zero-order valence-corrected chi connectivity index (χ0v) is 17.6. The van der Waals surface area contributed by atoms with Gasteiger partial charge in [0, 0.05) is 36.3 Å². The van der Waals surface area contributed by atoms with Crippen LogP contribution in [0.25, 0.3) is 23.0 Å². The minimum atomic E-state index is -0.505. The Bertz CT molecular complexity index is 1490. The molecule has 0 spiro atoms. The number of hydrogen-bond acceptors (Lipinski definition) is 7. The highest BCUT2D eigenvalue weighted by atomic mass is 32.1. The Balaban J connectivity index is 1.71. The average Bonchev–Trinajstić information content (AvgIpc) is 3.12. The number of H-pyrrole nitrogens is 2. The van der Waals surface area contributed by atoms with Crippen LogP contribution in [0.15, 0.2) is 33.5 Å². The first-order chi connectivity index (χ1) is 14.9. The summed E-state index contributed by atoms with van der Waals surface area (Å²) in [4.78, 5) is 40.2. The molecule has 0 saturated heterocycles. The van der Waals surface area contributed by atoms with Crippen molar-refractivity contribution in [1.82, 2.24) is 29.5 Å². The van der Waals surface area contributed by atoms with Crippen LogP contribution in [0.3, 0.4) is 0 Å². The highest BCUT2D eigenvalue weighted by Gasteiger charge is 2.21. The topological polar surface area (TPSA) is 132 Å². The number of nitrogens with one attached hydrogen (secondary N) is 2. The second kappa shape index (κ2) is 7.20. The average molecular weight is 437 g/mol. The number of carbonyl (C=O) groups excluding carboxylic acids is 1. The number of nitrogens with zero attached hydrogens (tertiary/aromatic N) is 5. The number of aromatic hydroxyl groups is 1. The number of fused-ring (bicyclic) bond motifs is 1. The molecule has 0 aliphatic heterocycles. The molecule has 0 unspecified atom stereocenters. The summed E-state index contributed by atoms with van der Waals surface area (Å²) in [6, 6.07) is 3.96. The number of hydrogen-bond donors (Lipinski definition) is 3. The predicted molar refractivity (Wildman–Crippen MR) is 115 cm³/mol. The Labute approximate surface area is 179 Å². The number of thiophene rings is 1. The summed E-state index contributed by atoms with van der Waals surface area (Å²) < 4.78 is 1.65. The van der Waals surface area contributed by atoms with Crippen LogP contribution in [0.1, 0.15) is 28.2 Å². The molecule has 0 radical (unpaired) electrons. The first kappa shape index (κ1) is 19.2. The van der Waals surface area contributed by atoms with Crippen molar-refractivity contribution in [3.8, 4) is 17.1 Å². The second-order valence-corrected chi connectivity index (χ2v) is 8.49. The van der Waals surface area contributed by atoms with Crippen molar-refractivity contribution < 1.29 is 9.90 Å². The SMILES string of the molecule is CN(C)C(=O)c1cc(-c2cc(=NC3CC3)n3ncc(=Cc4[nH]c(=O)[nH]c4O)c3n2)cs1. The maximum absolute atomic E-state index is 12.3. The minimum absolute atomic E-state index is 0.0644. The van der Waals surface area contributed by atoms with Crippen molar-refractivity contribution in [2.75, 3.05) is 14.1 Å². The molecule has 31 heavy (non-hydrogen) atoms. The molecule has 4 heterocycles. The van der Waals surface area contributed by atoms with Crippen molar-refractivity contribution in [2.45, 2.75) is 18.9 Å². The van der Waals surface area contributed by atoms with Crippen molar-refractivity contribution in [1.29, 1.82) is 0 Å². The maximum atomic E-state index is 12.3. The minimum Gasteiger partial charge on any atom is -0.493 e. The van der Waals surface area contributed by atoms with Gasteiger partial charge in [-0.15, -0.1) is 11.3 Å². The quantitative estimate of drug-likeness (QED) is 0.428. The van der Waals surface area contributed by atoms with Crippen molar-refractivity contribution in [2.24, 2.45) is 4.99 Å². The molecule has 5 rings (SSSR count). The molecule has 1 aliphatic carbocycles. The van der Waals surface area contributed by atoms with Crippen LogP contribution in [-0.4, -0.2) is 60.6 Å². The molecular weight excluding hydrogens is 418 g/mol. The van der Waals surface area contributed by atoms with E-state index in [1.54, 1.807) is 30.9 Å². The van der Waals surface area contributed by atoms with Crippen LogP contribution in [0, 0.1) is 0 Å². The van der Waals surface area contributed by atoms with E-state index < -0.39 is 5.69 Å². The summed E-state index contributed by atoms with van der Waals surface area (Å²) in [5.41, 5.74) is 2.42. The number of carbonyl (C=O) groups is 1. The lowest BCUT2D eigenvalue weighted by Crippen LogP contribution is -2.20. The third kappa shape index (κ3) is 3.63. The van der Waals surface area contributed by atoms with Gasteiger partial charge >= 0.3 is 5.69 Å². The van der Waals surface area contributed by atoms with Gasteiger partial charge in [0.05, 0.1) is 22.8 Å². The third-order valence-electron chi connectivity index (χ3n) is 4.89. The fourth-order valence-electron chi connectivity index (χ4n) is 3.15. The molecule has 3 N–H and O–H groups in total. The van der Waals surface area contributed by atoms with E-state index in [0.29, 0.717) is 26.9 Å². The van der Waals surface area contributed by atoms with Gasteiger partial charge in [-0.05, 0) is 25.0 Å². The second-order valence-electron chi connectivity index (χ2n) is 7.58. The smallest absolute Gasteiger partial charge is 0.326 e. The molecule has 1 fully saturated rings. The van der Waals surface area contributed by atoms with Gasteiger partial charge in [-0.25, -0.2) is 9.78 Å². The molecule has 0 bridgehead atoms. The number of aromatic amines is 2. The number of rotatable bonds is 4. The molecule has 1 saturated carbocycles. The molecule has 4 aromatic rings. The number of imidazole rings is 1. The van der Waals surface area contributed by atoms with E-state index in [4.69, 9.17) is 9.98 Å². The summed E-state index contributed by atoms with van der Waals surface area (Å²) in [5.74, 6) is -0.321. The lowest BCUT2D eigenvalue weighted by atomic mass is 10.2. The largest absolute Gasteiger partial charge is 0.493 e. The Kier molecular flexibility index (Phi) is 4.47. The normalized spacial score (nSPS) is 15.2. The highest BCUT2D eigenvalue weighted by Crippen LogP contribution is 2.25. The van der Waals surface area contributed by atoms with E-state index in [1.165, 1.54) is 16.2 Å². The van der Waals surface area contributed by atoms with Gasteiger partial charge in [0.25, 0.3) is 5.91 Å². The van der Waals surface area contributed by atoms with Crippen molar-refractivity contribution in [3.63, 3.8) is 0 Å². The molecule has 158 valence electrons. The van der Waals surface area contributed by atoms with Gasteiger partial charge in [-0.3, -0.25) is 14.8 Å². The van der Waals surface area contributed by atoms with Crippen LogP contribution >= 0.6 is 11.3 Å². The van der Waals surface area contributed by atoms with Crippen molar-refractivity contribution in [3.05, 3.63) is 55.5 Å². The van der Waals surface area contributed by atoms with E-state index in [2.05, 4.69) is 15.1 Å². The summed E-state index contributed by atoms with van der Waals surface area (Å²) in [6.45, 7) is 0. The van der Waals surface area contributed by atoms with Gasteiger partial charge < -0.3 is 15.0 Å². The molecule has 1 amide bonds. The summed E-state index contributed by atoms with van der Waals surface area (Å²) in [5, 5.41) is 16.8. The van der Waals surface area contributed by atoms with Crippen LogP contribution in [-0.2, 0) is 0 Å². The molecule has 1 aliphatic rings. The van der Waals surface area contributed by atoms with E-state index in [9.17, 15) is 14.7 Å². The summed E-state index contributed by atoms with van der Waals surface area (Å²) in [7, 11) is 3.43. The van der Waals surface area contributed by atoms with Crippen LogP contribution in [0.5, 0.6) is 5.88 Å². The lowest BCUT2D eigenvalue weighted by Gasteiger charge is -2.07. The zero-order chi connectivity index (χ0) is 21.7. The Morgan fingerprint density at radius 1 is 1.35 bits per heavy atom. The van der Waals surface area contributed by atoms with Gasteiger partial charge in [0.2, 0.25) is 5.88 Å². The summed E-state index contributed by atoms with van der Waals surface area (Å²) >= 11 is 1.36. The van der Waals surface area contributed by atoms with Crippen LogP contribution in [0.2, 0.25) is 0 Å². The zero-order valence-electron chi connectivity index (χ0n) is 16.8. The Morgan fingerprint density at radius 3 is 2.84 bits per heavy atom. The fraction of sp³-hybridized carbons (Fsp3) is 0.250. The number of aromatic nitrogens is 5. The lowest BCUT2D eigenvalue weighted by molar-refractivity contribution is 0.0832. The number of amides is 1. The van der Waals surface area contributed by atoms with E-state index in [-0.39, 0.29) is 23.5 Å². The first-order valence-electron chi connectivity index (χ1n) is 9.65. The standard InChI is InChI=1S/C20H19N7O3S/c1-26(2)19(29)15-6-11(9-31-15)13-7-16(22-12-3-4-12)27-17(23-13)10(8-21-27)5-14-18(28)25-20(30)24-14/h5-9,12,28H,3-4H2,1-2H3,(H2,24,25,30). The van der Waals surface area contributed by atoms with Gasteiger partial charge in [-0.2, -0.15) is 9.61 Å². The molecule has 10 nitrogen and oxygen atoms in total. The van der Waals surface area contributed by atoms with E-state index in [1.807, 2.05) is 17.5 Å². The van der Waals surface area contributed by atoms with Crippen LogP contribution in [0.4, 0.5) is 0 Å². The monoisotopic (exact) mass is 437 g/mol. The highest BCUT2D eigenvalue weighted by molar-refractivity contribution is 7.12. The molecular formula is C20H19N7O3S. The summed E-state index contributed by atoms with van der Waals surface area (Å²) in [6.07, 6.45) is 5.29. The first-order valence-corrected chi connectivity index (χ1v) is 10.5. The van der Waals surface area contributed by atoms with E-state index >= 15 is 0 Å². The molecule has 0 aromatic carbocycles. The molecule has 11 heteroatoms. The van der Waals surface area contributed by atoms with Crippen molar-refractivity contribution >= 4 is 29.0 Å². The van der Waals surface area contributed by atoms with Gasteiger partial charge in [0.1, 0.15) is 5.69 Å². The van der Waals surface area contributed by atoms with Gasteiger partial charge in [0.15, 0.2) is 11.1 Å². The third-order valence-corrected chi connectivity index (χ3v) is 5.81. The van der Waals surface area contributed by atoms with Crippen LogP contribution < -0.4 is 16.4 Å². The fourth-order valence-corrected chi connectivity index (χ4v) is 4.07. The molecule has 0 atom stereocenters. The Hall–Kier alpha value is -3.73.